The zero-order chi connectivity index (χ0) is 20.2. The fourth-order valence-electron chi connectivity index (χ4n) is 3.95. The summed E-state index contributed by atoms with van der Waals surface area (Å²) in [4.78, 5) is 30.2. The quantitative estimate of drug-likeness (QED) is 0.677. The van der Waals surface area contributed by atoms with Gasteiger partial charge in [-0.25, -0.2) is 0 Å². The van der Waals surface area contributed by atoms with E-state index < -0.39 is 0 Å². The van der Waals surface area contributed by atoms with Crippen molar-refractivity contribution < 1.29 is 14.3 Å². The molecule has 0 spiro atoms. The molecule has 29 heavy (non-hydrogen) atoms. The molecule has 2 N–H and O–H groups in total. The molecule has 1 fully saturated rings. The maximum absolute atomic E-state index is 12.8. The molecule has 1 aliphatic heterocycles. The Hall–Kier alpha value is -3.28. The van der Waals surface area contributed by atoms with E-state index in [1.54, 1.807) is 12.0 Å². The number of nitrogens with zero attached hydrogens (tertiary/aromatic N) is 1. The van der Waals surface area contributed by atoms with Crippen molar-refractivity contribution in [1.82, 2.24) is 15.2 Å². The number of carbonyl (C=O) groups excluding carboxylic acids is 2. The number of fused-ring (bicyclic) bond motifs is 1. The molecular formula is C23H25N3O3. The van der Waals surface area contributed by atoms with Gasteiger partial charge in [0.25, 0.3) is 0 Å². The number of methoxy groups -OCH3 is 1. The van der Waals surface area contributed by atoms with Gasteiger partial charge in [-0.1, -0.05) is 30.3 Å². The topological polar surface area (TPSA) is 74.4 Å². The van der Waals surface area contributed by atoms with Crippen LogP contribution in [-0.2, 0) is 22.7 Å². The largest absolute Gasteiger partial charge is 0.496 e. The maximum Gasteiger partial charge on any atom is 0.225 e. The minimum absolute atomic E-state index is 0.00457. The van der Waals surface area contributed by atoms with Crippen molar-refractivity contribution in [3.63, 3.8) is 0 Å². The highest BCUT2D eigenvalue weighted by Crippen LogP contribution is 2.24. The summed E-state index contributed by atoms with van der Waals surface area (Å²) in [5, 5.41) is 4.17. The number of aromatic amines is 1. The summed E-state index contributed by atoms with van der Waals surface area (Å²) >= 11 is 0. The molecule has 0 aliphatic carbocycles. The van der Waals surface area contributed by atoms with Crippen molar-refractivity contribution in [1.29, 1.82) is 0 Å². The number of benzene rings is 2. The zero-order valence-corrected chi connectivity index (χ0v) is 16.5. The minimum Gasteiger partial charge on any atom is -0.496 e. The smallest absolute Gasteiger partial charge is 0.225 e. The van der Waals surface area contributed by atoms with E-state index in [4.69, 9.17) is 4.74 Å². The summed E-state index contributed by atoms with van der Waals surface area (Å²) in [5.74, 6) is 0.631. The highest BCUT2D eigenvalue weighted by molar-refractivity contribution is 5.85. The highest BCUT2D eigenvalue weighted by Gasteiger charge is 2.30. The van der Waals surface area contributed by atoms with Crippen LogP contribution in [-0.4, -0.2) is 35.4 Å². The number of piperidine rings is 1. The van der Waals surface area contributed by atoms with Crippen LogP contribution in [0, 0.1) is 5.92 Å². The molecule has 2 amide bonds. The lowest BCUT2D eigenvalue weighted by atomic mass is 9.96. The number of amides is 2. The first kappa shape index (κ1) is 19.1. The van der Waals surface area contributed by atoms with Crippen molar-refractivity contribution in [3.8, 4) is 5.75 Å². The predicted octanol–water partition coefficient (Wildman–Crippen LogP) is 3.23. The van der Waals surface area contributed by atoms with Gasteiger partial charge in [-0.3, -0.25) is 9.59 Å². The second-order valence-electron chi connectivity index (χ2n) is 7.40. The Bertz CT molecular complexity index is 1030. The standard InChI is InChI=1S/C23H25N3O3/c1-29-21-8-3-2-5-17(21)14-26-15-18(9-10-22(26)27)23(28)25-13-16-6-4-7-20-19(16)11-12-24-20/h2-8,11-12,18,24H,9-10,13-15H2,1H3,(H,25,28)/t18-/m1/s1. The van der Waals surface area contributed by atoms with Crippen LogP contribution in [0.15, 0.2) is 54.7 Å². The van der Waals surface area contributed by atoms with Gasteiger partial charge in [0.2, 0.25) is 11.8 Å². The van der Waals surface area contributed by atoms with Crippen molar-refractivity contribution in [2.75, 3.05) is 13.7 Å². The monoisotopic (exact) mass is 391 g/mol. The molecule has 2 aromatic carbocycles. The number of rotatable bonds is 6. The molecule has 2 heterocycles. The molecule has 1 atom stereocenters. The van der Waals surface area contributed by atoms with E-state index in [9.17, 15) is 9.59 Å². The van der Waals surface area contributed by atoms with Crippen LogP contribution in [0.4, 0.5) is 0 Å². The van der Waals surface area contributed by atoms with Crippen LogP contribution in [0.1, 0.15) is 24.0 Å². The summed E-state index contributed by atoms with van der Waals surface area (Å²) in [6.45, 7) is 1.36. The van der Waals surface area contributed by atoms with Crippen molar-refractivity contribution in [2.24, 2.45) is 5.92 Å². The van der Waals surface area contributed by atoms with Crippen LogP contribution in [0.2, 0.25) is 0 Å². The first-order valence-corrected chi connectivity index (χ1v) is 9.88. The number of hydrogen-bond acceptors (Lipinski definition) is 3. The molecule has 6 nitrogen and oxygen atoms in total. The first-order valence-electron chi connectivity index (χ1n) is 9.88. The average molecular weight is 391 g/mol. The van der Waals surface area contributed by atoms with Gasteiger partial charge in [-0.2, -0.15) is 0 Å². The number of ether oxygens (including phenoxy) is 1. The lowest BCUT2D eigenvalue weighted by molar-refractivity contribution is -0.139. The van der Waals surface area contributed by atoms with Crippen molar-refractivity contribution >= 4 is 22.7 Å². The second-order valence-corrected chi connectivity index (χ2v) is 7.40. The van der Waals surface area contributed by atoms with Crippen LogP contribution in [0.25, 0.3) is 10.9 Å². The van der Waals surface area contributed by atoms with Gasteiger partial charge in [-0.15, -0.1) is 0 Å². The Labute approximate surface area is 169 Å². The average Bonchev–Trinajstić information content (AvgIpc) is 3.23. The molecule has 1 aliphatic rings. The van der Waals surface area contributed by atoms with E-state index in [2.05, 4.69) is 10.3 Å². The number of nitrogens with one attached hydrogen (secondary N) is 2. The fraction of sp³-hybridized carbons (Fsp3) is 0.304. The summed E-state index contributed by atoms with van der Waals surface area (Å²) in [7, 11) is 1.62. The van der Waals surface area contributed by atoms with Gasteiger partial charge in [0, 0.05) is 48.7 Å². The van der Waals surface area contributed by atoms with E-state index >= 15 is 0 Å². The minimum atomic E-state index is -0.201. The fourth-order valence-corrected chi connectivity index (χ4v) is 3.95. The summed E-state index contributed by atoms with van der Waals surface area (Å²) in [6, 6.07) is 15.7. The Kier molecular flexibility index (Phi) is 5.51. The van der Waals surface area contributed by atoms with Crippen LogP contribution in [0.5, 0.6) is 5.75 Å². The molecule has 1 aromatic heterocycles. The third kappa shape index (κ3) is 4.11. The Balaban J connectivity index is 1.40. The van der Waals surface area contributed by atoms with Crippen LogP contribution in [0.3, 0.4) is 0 Å². The third-order valence-corrected chi connectivity index (χ3v) is 5.56. The van der Waals surface area contributed by atoms with Gasteiger partial charge in [0.1, 0.15) is 5.75 Å². The van der Waals surface area contributed by atoms with E-state index in [1.807, 2.05) is 54.7 Å². The van der Waals surface area contributed by atoms with Gasteiger partial charge >= 0.3 is 0 Å². The van der Waals surface area contributed by atoms with Gasteiger partial charge in [-0.05, 0) is 30.2 Å². The number of H-pyrrole nitrogens is 1. The SMILES string of the molecule is COc1ccccc1CN1C[C@H](C(=O)NCc2cccc3[nH]ccc23)CCC1=O. The van der Waals surface area contributed by atoms with Crippen molar-refractivity contribution in [3.05, 3.63) is 65.9 Å². The van der Waals surface area contributed by atoms with Gasteiger partial charge < -0.3 is 19.9 Å². The molecule has 0 saturated carbocycles. The molecule has 1 saturated heterocycles. The molecule has 3 aromatic rings. The van der Waals surface area contributed by atoms with E-state index in [-0.39, 0.29) is 17.7 Å². The number of hydrogen-bond donors (Lipinski definition) is 2. The summed E-state index contributed by atoms with van der Waals surface area (Å²) in [5.41, 5.74) is 3.08. The predicted molar refractivity (Wildman–Crippen MR) is 111 cm³/mol. The molecule has 0 radical (unpaired) electrons. The Morgan fingerprint density at radius 3 is 2.86 bits per heavy atom. The van der Waals surface area contributed by atoms with Crippen LogP contribution >= 0.6 is 0 Å². The third-order valence-electron chi connectivity index (χ3n) is 5.56. The van der Waals surface area contributed by atoms with Crippen LogP contribution < -0.4 is 10.1 Å². The van der Waals surface area contributed by atoms with E-state index in [0.717, 1.165) is 27.8 Å². The normalized spacial score (nSPS) is 16.8. The number of para-hydroxylation sites is 1. The molecule has 150 valence electrons. The second kappa shape index (κ2) is 8.39. The Morgan fingerprint density at radius 2 is 2.00 bits per heavy atom. The maximum atomic E-state index is 12.8. The molecule has 4 rings (SSSR count). The van der Waals surface area contributed by atoms with E-state index in [1.165, 1.54) is 0 Å². The molecule has 0 unspecified atom stereocenters. The van der Waals surface area contributed by atoms with Crippen molar-refractivity contribution in [2.45, 2.75) is 25.9 Å². The summed E-state index contributed by atoms with van der Waals surface area (Å²) < 4.78 is 5.39. The molecule has 0 bridgehead atoms. The summed E-state index contributed by atoms with van der Waals surface area (Å²) in [6.07, 6.45) is 2.88. The van der Waals surface area contributed by atoms with E-state index in [0.29, 0.717) is 32.5 Å². The van der Waals surface area contributed by atoms with Gasteiger partial charge in [0.15, 0.2) is 0 Å². The molecule has 6 heteroatoms. The zero-order valence-electron chi connectivity index (χ0n) is 16.5. The number of likely N-dealkylation sites (tertiary alicyclic amines) is 1. The number of carbonyl (C=O) groups is 2. The highest BCUT2D eigenvalue weighted by atomic mass is 16.5. The Morgan fingerprint density at radius 1 is 1.17 bits per heavy atom. The van der Waals surface area contributed by atoms with Gasteiger partial charge in [0.05, 0.1) is 13.0 Å². The number of aromatic nitrogens is 1. The lowest BCUT2D eigenvalue weighted by Crippen LogP contribution is -2.45. The molecular weight excluding hydrogens is 366 g/mol. The first-order chi connectivity index (χ1) is 14.2. The lowest BCUT2D eigenvalue weighted by Gasteiger charge is -2.32.